The number of benzene rings is 2. The van der Waals surface area contributed by atoms with Gasteiger partial charge in [0.05, 0.1) is 11.4 Å². The minimum absolute atomic E-state index is 0.155. The van der Waals surface area contributed by atoms with Crippen molar-refractivity contribution in [2.45, 2.75) is 20.8 Å². The maximum atomic E-state index is 12.3. The van der Waals surface area contributed by atoms with Crippen LogP contribution in [0.5, 0.6) is 0 Å². The van der Waals surface area contributed by atoms with Crippen molar-refractivity contribution >= 4 is 57.6 Å². The van der Waals surface area contributed by atoms with E-state index in [1.54, 1.807) is 35.7 Å². The van der Waals surface area contributed by atoms with Crippen molar-refractivity contribution in [1.82, 2.24) is 4.98 Å². The molecule has 0 spiro atoms. The van der Waals surface area contributed by atoms with E-state index in [4.69, 9.17) is 16.3 Å². The molecule has 8 heteroatoms. The molecule has 1 aliphatic rings. The summed E-state index contributed by atoms with van der Waals surface area (Å²) in [5.74, 6) is -0.480. The zero-order valence-electron chi connectivity index (χ0n) is 17.0. The lowest BCUT2D eigenvalue weighted by molar-refractivity contribution is -0.130. The van der Waals surface area contributed by atoms with Crippen molar-refractivity contribution in [2.75, 3.05) is 4.90 Å². The molecule has 156 valence electrons. The number of aryl methyl sites for hydroxylation is 2. The van der Waals surface area contributed by atoms with Crippen molar-refractivity contribution in [3.05, 3.63) is 80.9 Å². The van der Waals surface area contributed by atoms with Crippen LogP contribution in [-0.2, 0) is 14.3 Å². The molecule has 6 nitrogen and oxygen atoms in total. The predicted octanol–water partition coefficient (Wildman–Crippen LogP) is 5.44. The number of anilines is 2. The fourth-order valence-corrected chi connectivity index (χ4v) is 4.06. The molecule has 1 aliphatic heterocycles. The standard InChI is InChI=1S/C23H18ClN3O3S/c1-13-7-8-16(9-14(13)2)21-26-20(22(29)30-21)11-18-12-31-23(25-18)27(15(3)28)19-6-4-5-17(24)10-19/h4-12H,1-3H3/b20-11+. The van der Waals surface area contributed by atoms with Crippen LogP contribution in [0, 0.1) is 13.8 Å². The highest BCUT2D eigenvalue weighted by molar-refractivity contribution is 7.14. The van der Waals surface area contributed by atoms with Crippen LogP contribution in [0.15, 0.2) is 58.5 Å². The summed E-state index contributed by atoms with van der Waals surface area (Å²) < 4.78 is 5.34. The number of ether oxygens (including phenoxy) is 1. The second kappa shape index (κ2) is 8.45. The van der Waals surface area contributed by atoms with Gasteiger partial charge in [0.2, 0.25) is 11.8 Å². The van der Waals surface area contributed by atoms with Crippen molar-refractivity contribution in [2.24, 2.45) is 4.99 Å². The Kier molecular flexibility index (Phi) is 5.71. The molecule has 0 saturated heterocycles. The number of hydrogen-bond acceptors (Lipinski definition) is 6. The van der Waals surface area contributed by atoms with Gasteiger partial charge in [-0.25, -0.2) is 14.8 Å². The lowest BCUT2D eigenvalue weighted by atomic mass is 10.1. The maximum absolute atomic E-state index is 12.3. The average molecular weight is 452 g/mol. The zero-order chi connectivity index (χ0) is 22.1. The molecule has 2 aromatic carbocycles. The number of halogens is 1. The number of carbonyl (C=O) groups is 2. The Hall–Kier alpha value is -3.29. The Labute approximate surface area is 188 Å². The zero-order valence-corrected chi connectivity index (χ0v) is 18.6. The Morgan fingerprint density at radius 3 is 2.68 bits per heavy atom. The number of esters is 1. The fourth-order valence-electron chi connectivity index (χ4n) is 3.03. The van der Waals surface area contributed by atoms with Crippen LogP contribution in [0.1, 0.15) is 29.3 Å². The number of aromatic nitrogens is 1. The van der Waals surface area contributed by atoms with Gasteiger partial charge in [0.1, 0.15) is 0 Å². The molecule has 2 heterocycles. The van der Waals surface area contributed by atoms with E-state index in [2.05, 4.69) is 9.98 Å². The third-order valence-corrected chi connectivity index (χ3v) is 5.82. The van der Waals surface area contributed by atoms with Gasteiger partial charge < -0.3 is 4.74 Å². The number of thiazole rings is 1. The van der Waals surface area contributed by atoms with Crippen LogP contribution in [0.3, 0.4) is 0 Å². The number of rotatable bonds is 4. The highest BCUT2D eigenvalue weighted by Crippen LogP contribution is 2.31. The number of aliphatic imine (C=N–C) groups is 1. The molecule has 0 atom stereocenters. The van der Waals surface area contributed by atoms with Gasteiger partial charge in [-0.05, 0) is 61.4 Å². The predicted molar refractivity (Wildman–Crippen MR) is 123 cm³/mol. The summed E-state index contributed by atoms with van der Waals surface area (Å²) in [5, 5.41) is 2.73. The summed E-state index contributed by atoms with van der Waals surface area (Å²) in [6.07, 6.45) is 1.55. The highest BCUT2D eigenvalue weighted by atomic mass is 35.5. The van der Waals surface area contributed by atoms with Crippen LogP contribution in [0.4, 0.5) is 10.8 Å². The van der Waals surface area contributed by atoms with Crippen LogP contribution >= 0.6 is 22.9 Å². The molecule has 0 N–H and O–H groups in total. The first-order valence-corrected chi connectivity index (χ1v) is 10.7. The molecular formula is C23H18ClN3O3S. The van der Waals surface area contributed by atoms with Gasteiger partial charge in [-0.2, -0.15) is 0 Å². The monoisotopic (exact) mass is 451 g/mol. The number of carbonyl (C=O) groups excluding carboxylic acids is 2. The van der Waals surface area contributed by atoms with E-state index in [0.717, 1.165) is 16.7 Å². The van der Waals surface area contributed by atoms with E-state index < -0.39 is 5.97 Å². The quantitative estimate of drug-likeness (QED) is 0.391. The normalized spacial score (nSPS) is 14.5. The highest BCUT2D eigenvalue weighted by Gasteiger charge is 2.25. The summed E-state index contributed by atoms with van der Waals surface area (Å²) in [7, 11) is 0. The third kappa shape index (κ3) is 4.42. The summed E-state index contributed by atoms with van der Waals surface area (Å²) in [5.41, 5.74) is 4.25. The van der Waals surface area contributed by atoms with Gasteiger partial charge in [-0.15, -0.1) is 11.3 Å². The summed E-state index contributed by atoms with van der Waals surface area (Å²) >= 11 is 7.35. The lowest BCUT2D eigenvalue weighted by Gasteiger charge is -2.18. The minimum atomic E-state index is -0.541. The smallest absolute Gasteiger partial charge is 0.363 e. The summed E-state index contributed by atoms with van der Waals surface area (Å²) in [4.78, 5) is 34.9. The van der Waals surface area contributed by atoms with E-state index in [1.165, 1.54) is 23.2 Å². The Bertz CT molecular complexity index is 1260. The van der Waals surface area contributed by atoms with Gasteiger partial charge in [-0.3, -0.25) is 9.69 Å². The molecule has 0 unspecified atom stereocenters. The Balaban J connectivity index is 1.64. The minimum Gasteiger partial charge on any atom is -0.402 e. The van der Waals surface area contributed by atoms with E-state index in [9.17, 15) is 9.59 Å². The molecule has 0 fully saturated rings. The van der Waals surface area contributed by atoms with Gasteiger partial charge in [0.25, 0.3) is 0 Å². The number of nitrogens with zero attached hydrogens (tertiary/aromatic N) is 3. The van der Waals surface area contributed by atoms with Gasteiger partial charge in [-0.1, -0.05) is 23.7 Å². The first-order valence-electron chi connectivity index (χ1n) is 9.44. The van der Waals surface area contributed by atoms with Crippen LogP contribution in [0.2, 0.25) is 5.02 Å². The molecule has 0 radical (unpaired) electrons. The topological polar surface area (TPSA) is 71.9 Å². The molecular weight excluding hydrogens is 434 g/mol. The molecule has 31 heavy (non-hydrogen) atoms. The Morgan fingerprint density at radius 2 is 1.97 bits per heavy atom. The maximum Gasteiger partial charge on any atom is 0.363 e. The first-order chi connectivity index (χ1) is 14.8. The number of hydrogen-bond donors (Lipinski definition) is 0. The van der Waals surface area contributed by atoms with Crippen LogP contribution in [-0.4, -0.2) is 22.8 Å². The van der Waals surface area contributed by atoms with Crippen LogP contribution in [0.25, 0.3) is 6.08 Å². The SMILES string of the molecule is CC(=O)N(c1cccc(Cl)c1)c1nc(/C=C2/N=C(c3ccc(C)c(C)c3)OC2=O)cs1. The largest absolute Gasteiger partial charge is 0.402 e. The van der Waals surface area contributed by atoms with Crippen LogP contribution < -0.4 is 4.90 Å². The van der Waals surface area contributed by atoms with E-state index >= 15 is 0 Å². The van der Waals surface area contributed by atoms with Crippen molar-refractivity contribution < 1.29 is 14.3 Å². The fraction of sp³-hybridized carbons (Fsp3) is 0.130. The molecule has 0 bridgehead atoms. The third-order valence-electron chi connectivity index (χ3n) is 4.74. The molecule has 0 aliphatic carbocycles. The summed E-state index contributed by atoms with van der Waals surface area (Å²) in [6, 6.07) is 12.7. The molecule has 3 aromatic rings. The van der Waals surface area contributed by atoms with Gasteiger partial charge in [0.15, 0.2) is 10.8 Å². The van der Waals surface area contributed by atoms with Gasteiger partial charge in [0, 0.05) is 22.9 Å². The first kappa shape index (κ1) is 21.0. The van der Waals surface area contributed by atoms with E-state index in [0.29, 0.717) is 21.5 Å². The number of amides is 1. The van der Waals surface area contributed by atoms with Crippen molar-refractivity contribution in [1.29, 1.82) is 0 Å². The van der Waals surface area contributed by atoms with E-state index in [-0.39, 0.29) is 17.5 Å². The average Bonchev–Trinajstić information content (AvgIpc) is 3.31. The van der Waals surface area contributed by atoms with Crippen molar-refractivity contribution in [3.63, 3.8) is 0 Å². The molecule has 1 amide bonds. The second-order valence-electron chi connectivity index (χ2n) is 7.02. The van der Waals surface area contributed by atoms with Crippen molar-refractivity contribution in [3.8, 4) is 0 Å². The lowest BCUT2D eigenvalue weighted by Crippen LogP contribution is -2.22. The molecule has 1 aromatic heterocycles. The Morgan fingerprint density at radius 1 is 1.16 bits per heavy atom. The van der Waals surface area contributed by atoms with E-state index in [1.807, 2.05) is 32.0 Å². The van der Waals surface area contributed by atoms with Gasteiger partial charge >= 0.3 is 5.97 Å². The molecule has 0 saturated carbocycles. The second-order valence-corrected chi connectivity index (χ2v) is 8.30. The molecule has 4 rings (SSSR count). The number of cyclic esters (lactones) is 1. The summed E-state index contributed by atoms with van der Waals surface area (Å²) in [6.45, 7) is 5.46.